The summed E-state index contributed by atoms with van der Waals surface area (Å²) in [6.45, 7) is 9.02. The van der Waals surface area contributed by atoms with Gasteiger partial charge in [-0.1, -0.05) is 49.2 Å². The van der Waals surface area contributed by atoms with Gasteiger partial charge in [0.05, 0.1) is 13.2 Å². The minimum absolute atomic E-state index is 0.135. The SMILES string of the molecule is Cc1ccc(OCCCCl)c(C(C)C(=O)C(C)c2cc(C)ccc2OCCCCl)c1. The predicted molar refractivity (Wildman–Crippen MR) is 126 cm³/mol. The first-order chi connectivity index (χ1) is 14.4. The van der Waals surface area contributed by atoms with Crippen LogP contribution in [0.5, 0.6) is 11.5 Å². The minimum Gasteiger partial charge on any atom is -0.493 e. The standard InChI is InChI=1S/C25H32Cl2O3/c1-17-7-9-23(29-13-5-11-26)21(15-17)19(3)25(28)20(4)22-16-18(2)8-10-24(22)30-14-6-12-27/h7-10,15-16,19-20H,5-6,11-14H2,1-4H3. The number of hydrogen-bond donors (Lipinski definition) is 0. The second-order valence-corrected chi connectivity index (χ2v) is 8.47. The van der Waals surface area contributed by atoms with Gasteiger partial charge in [0.1, 0.15) is 17.3 Å². The van der Waals surface area contributed by atoms with Crippen LogP contribution in [0, 0.1) is 13.8 Å². The van der Waals surface area contributed by atoms with E-state index >= 15 is 0 Å². The fourth-order valence-electron chi connectivity index (χ4n) is 3.43. The van der Waals surface area contributed by atoms with E-state index in [-0.39, 0.29) is 17.6 Å². The number of carbonyl (C=O) groups is 1. The summed E-state index contributed by atoms with van der Waals surface area (Å²) in [6, 6.07) is 12.0. The minimum atomic E-state index is -0.304. The van der Waals surface area contributed by atoms with Gasteiger partial charge >= 0.3 is 0 Å². The Labute approximate surface area is 190 Å². The summed E-state index contributed by atoms with van der Waals surface area (Å²) < 4.78 is 11.8. The number of halogens is 2. The van der Waals surface area contributed by atoms with E-state index in [9.17, 15) is 4.79 Å². The summed E-state index contributed by atoms with van der Waals surface area (Å²) in [6.07, 6.45) is 1.53. The second kappa shape index (κ2) is 12.2. The second-order valence-electron chi connectivity index (χ2n) is 7.71. The van der Waals surface area contributed by atoms with E-state index in [1.54, 1.807) is 0 Å². The van der Waals surface area contributed by atoms with E-state index in [1.807, 2.05) is 64.1 Å². The van der Waals surface area contributed by atoms with Gasteiger partial charge in [0, 0.05) is 34.7 Å². The van der Waals surface area contributed by atoms with Gasteiger partial charge in [-0.05, 0) is 38.8 Å². The van der Waals surface area contributed by atoms with Crippen LogP contribution in [-0.4, -0.2) is 30.8 Å². The molecule has 2 atom stereocenters. The molecule has 2 rings (SSSR count). The number of rotatable bonds is 12. The number of ketones is 1. The number of Topliss-reactive ketones (excluding diaryl/α,β-unsaturated/α-hetero) is 1. The highest BCUT2D eigenvalue weighted by atomic mass is 35.5. The summed E-state index contributed by atoms with van der Waals surface area (Å²) in [5.41, 5.74) is 4.03. The summed E-state index contributed by atoms with van der Waals surface area (Å²) in [5.74, 6) is 2.13. The molecule has 0 spiro atoms. The summed E-state index contributed by atoms with van der Waals surface area (Å²) >= 11 is 11.5. The highest BCUT2D eigenvalue weighted by molar-refractivity contribution is 6.18. The summed E-state index contributed by atoms with van der Waals surface area (Å²) in [5, 5.41) is 0. The van der Waals surface area contributed by atoms with Crippen molar-refractivity contribution in [2.75, 3.05) is 25.0 Å². The average molecular weight is 451 g/mol. The number of benzene rings is 2. The molecule has 0 N–H and O–H groups in total. The van der Waals surface area contributed by atoms with Crippen molar-refractivity contribution in [3.63, 3.8) is 0 Å². The predicted octanol–water partition coefficient (Wildman–Crippen LogP) is 6.80. The number of alkyl halides is 2. The molecule has 0 aliphatic rings. The number of ether oxygens (including phenoxy) is 2. The van der Waals surface area contributed by atoms with Crippen LogP contribution >= 0.6 is 23.2 Å². The monoisotopic (exact) mass is 450 g/mol. The van der Waals surface area contributed by atoms with Crippen LogP contribution in [0.4, 0.5) is 0 Å². The molecule has 2 aromatic carbocycles. The van der Waals surface area contributed by atoms with Gasteiger partial charge in [-0.2, -0.15) is 0 Å². The topological polar surface area (TPSA) is 35.5 Å². The molecule has 0 aliphatic carbocycles. The van der Waals surface area contributed by atoms with Gasteiger partial charge in [-0.3, -0.25) is 4.79 Å². The van der Waals surface area contributed by atoms with Gasteiger partial charge < -0.3 is 9.47 Å². The molecule has 0 fully saturated rings. The normalized spacial score (nSPS) is 13.0. The molecule has 2 aromatic rings. The van der Waals surface area contributed by atoms with E-state index in [1.165, 1.54) is 0 Å². The summed E-state index contributed by atoms with van der Waals surface area (Å²) in [4.78, 5) is 13.5. The van der Waals surface area contributed by atoms with Crippen molar-refractivity contribution in [3.8, 4) is 11.5 Å². The van der Waals surface area contributed by atoms with E-state index in [4.69, 9.17) is 32.7 Å². The van der Waals surface area contributed by atoms with Crippen molar-refractivity contribution < 1.29 is 14.3 Å². The molecule has 2 unspecified atom stereocenters. The van der Waals surface area contributed by atoms with Crippen LogP contribution in [0.2, 0.25) is 0 Å². The van der Waals surface area contributed by atoms with Gasteiger partial charge in [-0.15, -0.1) is 23.2 Å². The van der Waals surface area contributed by atoms with Crippen molar-refractivity contribution in [1.82, 2.24) is 0 Å². The largest absolute Gasteiger partial charge is 0.493 e. The lowest BCUT2D eigenvalue weighted by atomic mass is 9.84. The van der Waals surface area contributed by atoms with Crippen LogP contribution in [-0.2, 0) is 4.79 Å². The van der Waals surface area contributed by atoms with Crippen LogP contribution in [0.25, 0.3) is 0 Å². The maximum Gasteiger partial charge on any atom is 0.147 e. The maximum absolute atomic E-state index is 13.5. The number of aryl methyl sites for hydroxylation is 2. The quantitative estimate of drug-likeness (QED) is 0.263. The molecule has 0 saturated carbocycles. The molecule has 30 heavy (non-hydrogen) atoms. The lowest BCUT2D eigenvalue weighted by Gasteiger charge is -2.22. The van der Waals surface area contributed by atoms with Gasteiger partial charge in [0.15, 0.2) is 0 Å². The third-order valence-electron chi connectivity index (χ3n) is 5.19. The Hall–Kier alpha value is -1.71. The Morgan fingerprint density at radius 2 is 1.20 bits per heavy atom. The number of hydrogen-bond acceptors (Lipinski definition) is 3. The molecule has 0 heterocycles. The molecule has 3 nitrogen and oxygen atoms in total. The van der Waals surface area contributed by atoms with Crippen molar-refractivity contribution in [1.29, 1.82) is 0 Å². The molecule has 0 amide bonds. The van der Waals surface area contributed by atoms with E-state index < -0.39 is 0 Å². The first-order valence-electron chi connectivity index (χ1n) is 10.5. The Bertz CT molecular complexity index is 768. The van der Waals surface area contributed by atoms with E-state index in [0.29, 0.717) is 25.0 Å². The molecule has 0 saturated heterocycles. The van der Waals surface area contributed by atoms with Gasteiger partial charge in [0.2, 0.25) is 0 Å². The Kier molecular flexibility index (Phi) is 10.0. The third-order valence-corrected chi connectivity index (χ3v) is 5.72. The molecular weight excluding hydrogens is 419 g/mol. The van der Waals surface area contributed by atoms with Crippen molar-refractivity contribution in [2.24, 2.45) is 0 Å². The van der Waals surface area contributed by atoms with E-state index in [2.05, 4.69) is 0 Å². The van der Waals surface area contributed by atoms with E-state index in [0.717, 1.165) is 46.6 Å². The zero-order valence-corrected chi connectivity index (χ0v) is 19.9. The smallest absolute Gasteiger partial charge is 0.147 e. The van der Waals surface area contributed by atoms with Crippen molar-refractivity contribution in [2.45, 2.75) is 52.4 Å². The lowest BCUT2D eigenvalue weighted by molar-refractivity contribution is -0.121. The van der Waals surface area contributed by atoms with Gasteiger partial charge in [-0.25, -0.2) is 0 Å². The molecule has 0 aliphatic heterocycles. The number of carbonyl (C=O) groups excluding carboxylic acids is 1. The van der Waals surface area contributed by atoms with Crippen LogP contribution < -0.4 is 9.47 Å². The fourth-order valence-corrected chi connectivity index (χ4v) is 3.65. The first-order valence-corrected chi connectivity index (χ1v) is 11.6. The fraction of sp³-hybridized carbons (Fsp3) is 0.480. The van der Waals surface area contributed by atoms with Crippen molar-refractivity contribution >= 4 is 29.0 Å². The maximum atomic E-state index is 13.5. The highest BCUT2D eigenvalue weighted by Gasteiger charge is 2.27. The Balaban J connectivity index is 2.28. The zero-order chi connectivity index (χ0) is 22.1. The molecule has 164 valence electrons. The highest BCUT2D eigenvalue weighted by Crippen LogP contribution is 2.36. The summed E-state index contributed by atoms with van der Waals surface area (Å²) in [7, 11) is 0. The van der Waals surface area contributed by atoms with Crippen LogP contribution in [0.3, 0.4) is 0 Å². The first kappa shape index (κ1) is 24.6. The zero-order valence-electron chi connectivity index (χ0n) is 18.3. The Morgan fingerprint density at radius 3 is 1.57 bits per heavy atom. The van der Waals surface area contributed by atoms with Crippen molar-refractivity contribution in [3.05, 3.63) is 58.7 Å². The average Bonchev–Trinajstić information content (AvgIpc) is 2.74. The lowest BCUT2D eigenvalue weighted by Crippen LogP contribution is -2.19. The van der Waals surface area contributed by atoms with Crippen LogP contribution in [0.15, 0.2) is 36.4 Å². The molecule has 5 heteroatoms. The Morgan fingerprint density at radius 1 is 0.800 bits per heavy atom. The van der Waals surface area contributed by atoms with Gasteiger partial charge in [0.25, 0.3) is 0 Å². The molecule has 0 aromatic heterocycles. The van der Waals surface area contributed by atoms with Crippen LogP contribution in [0.1, 0.15) is 60.8 Å². The molecule has 0 radical (unpaired) electrons. The molecular formula is C25H32Cl2O3. The molecule has 0 bridgehead atoms. The third kappa shape index (κ3) is 6.65.